The molecule has 2 saturated heterocycles. The van der Waals surface area contributed by atoms with Crippen molar-refractivity contribution < 1.29 is 27.5 Å². The van der Waals surface area contributed by atoms with Gasteiger partial charge in [0, 0.05) is 78.9 Å². The molecule has 6 rings (SSSR count). The molecule has 0 saturated carbocycles. The quantitative estimate of drug-likeness (QED) is 0.254. The lowest BCUT2D eigenvalue weighted by Gasteiger charge is -2.32. The zero-order chi connectivity index (χ0) is 30.8. The average Bonchev–Trinajstić information content (AvgIpc) is 3.58. The fourth-order valence-corrected chi connectivity index (χ4v) is 5.99. The van der Waals surface area contributed by atoms with Gasteiger partial charge in [0.1, 0.15) is 6.61 Å². The molecule has 0 spiro atoms. The highest BCUT2D eigenvalue weighted by atomic mass is 35.5. The van der Waals surface area contributed by atoms with Crippen molar-refractivity contribution in [2.75, 3.05) is 26.2 Å². The summed E-state index contributed by atoms with van der Waals surface area (Å²) in [5.41, 5.74) is -0.0595. The van der Waals surface area contributed by atoms with Crippen molar-refractivity contribution in [2.45, 2.75) is 50.9 Å². The zero-order valence-electron chi connectivity index (χ0n) is 23.8. The van der Waals surface area contributed by atoms with E-state index >= 15 is 0 Å². The first-order chi connectivity index (χ1) is 21.2. The first kappa shape index (κ1) is 29.9. The fraction of sp³-hybridized carbons (Fsp3) is 0.387. The van der Waals surface area contributed by atoms with Gasteiger partial charge in [-0.25, -0.2) is 4.98 Å². The van der Waals surface area contributed by atoms with E-state index in [1.165, 1.54) is 6.20 Å². The number of piperidine rings is 2. The van der Waals surface area contributed by atoms with Crippen molar-refractivity contribution in [3.63, 3.8) is 0 Å². The molecule has 5 heterocycles. The maximum absolute atomic E-state index is 13.8. The minimum absolute atomic E-state index is 0.114. The van der Waals surface area contributed by atoms with E-state index in [1.54, 1.807) is 29.3 Å². The third-order valence-corrected chi connectivity index (χ3v) is 8.51. The topological polar surface area (TPSA) is 93.5 Å². The third kappa shape index (κ3) is 6.35. The number of carbonyl (C=O) groups is 2. The molecule has 0 radical (unpaired) electrons. The van der Waals surface area contributed by atoms with Crippen LogP contribution in [0.2, 0.25) is 5.02 Å². The monoisotopic (exact) mass is 626 g/mol. The number of aromatic nitrogens is 4. The Balaban J connectivity index is 1.26. The summed E-state index contributed by atoms with van der Waals surface area (Å²) in [5, 5.41) is 5.31. The molecule has 13 heteroatoms. The van der Waals surface area contributed by atoms with Crippen LogP contribution in [0.4, 0.5) is 13.2 Å². The van der Waals surface area contributed by atoms with E-state index in [2.05, 4.69) is 15.1 Å². The van der Waals surface area contributed by atoms with Crippen molar-refractivity contribution in [1.82, 2.24) is 29.5 Å². The van der Waals surface area contributed by atoms with Gasteiger partial charge in [0.15, 0.2) is 0 Å². The number of hydrogen-bond acceptors (Lipinski definition) is 6. The number of likely N-dealkylation sites (tertiary alicyclic amines) is 2. The van der Waals surface area contributed by atoms with Crippen molar-refractivity contribution in [3.8, 4) is 5.88 Å². The summed E-state index contributed by atoms with van der Waals surface area (Å²) in [5.74, 6) is -0.184. The van der Waals surface area contributed by atoms with Crippen LogP contribution in [-0.4, -0.2) is 67.5 Å². The number of carbonyl (C=O) groups excluding carboxylic acids is 2. The van der Waals surface area contributed by atoms with Crippen LogP contribution < -0.4 is 4.74 Å². The number of nitrogens with zero attached hydrogens (tertiary/aromatic N) is 6. The number of hydrogen-bond donors (Lipinski definition) is 0. The van der Waals surface area contributed by atoms with E-state index in [1.807, 2.05) is 21.8 Å². The summed E-state index contributed by atoms with van der Waals surface area (Å²) in [6.45, 7) is 2.18. The number of pyridine rings is 2. The van der Waals surface area contributed by atoms with Gasteiger partial charge in [-0.15, -0.1) is 0 Å². The molecule has 0 N–H and O–H groups in total. The van der Waals surface area contributed by atoms with Crippen LogP contribution in [0.25, 0.3) is 10.8 Å². The van der Waals surface area contributed by atoms with E-state index in [9.17, 15) is 22.8 Å². The molecule has 0 aliphatic carbocycles. The molecular formula is C31H30ClF3N6O3. The number of ether oxygens (including phenoxy) is 1. The number of amides is 2. The first-order valence-electron chi connectivity index (χ1n) is 14.5. The fourth-order valence-electron chi connectivity index (χ4n) is 5.77. The predicted octanol–water partition coefficient (Wildman–Crippen LogP) is 6.18. The summed E-state index contributed by atoms with van der Waals surface area (Å²) in [4.78, 5) is 39.2. The zero-order valence-corrected chi connectivity index (χ0v) is 24.5. The highest BCUT2D eigenvalue weighted by Gasteiger charge is 2.32. The van der Waals surface area contributed by atoms with E-state index in [0.717, 1.165) is 38.2 Å². The molecule has 2 aliphatic rings. The second kappa shape index (κ2) is 12.4. The maximum atomic E-state index is 13.8. The van der Waals surface area contributed by atoms with Crippen LogP contribution in [0.5, 0.6) is 5.88 Å². The van der Waals surface area contributed by atoms with Crippen molar-refractivity contribution in [1.29, 1.82) is 0 Å². The number of halogens is 4. The van der Waals surface area contributed by atoms with E-state index in [-0.39, 0.29) is 41.1 Å². The lowest BCUT2D eigenvalue weighted by molar-refractivity contribution is -0.137. The van der Waals surface area contributed by atoms with Crippen LogP contribution in [0.1, 0.15) is 70.1 Å². The van der Waals surface area contributed by atoms with Gasteiger partial charge in [-0.2, -0.15) is 18.3 Å². The number of rotatable bonds is 6. The summed E-state index contributed by atoms with van der Waals surface area (Å²) in [7, 11) is 0. The van der Waals surface area contributed by atoms with Crippen LogP contribution >= 0.6 is 11.6 Å². The van der Waals surface area contributed by atoms with Gasteiger partial charge in [0.25, 0.3) is 11.8 Å². The van der Waals surface area contributed by atoms with Crippen LogP contribution in [-0.2, 0) is 12.8 Å². The molecule has 2 aliphatic heterocycles. The van der Waals surface area contributed by atoms with Crippen molar-refractivity contribution in [3.05, 3.63) is 82.5 Å². The molecular weight excluding hydrogens is 597 g/mol. The molecule has 44 heavy (non-hydrogen) atoms. The van der Waals surface area contributed by atoms with E-state index in [0.29, 0.717) is 54.3 Å². The molecule has 4 aromatic rings. The van der Waals surface area contributed by atoms with Gasteiger partial charge in [-0.1, -0.05) is 11.6 Å². The second-order valence-corrected chi connectivity index (χ2v) is 11.5. The number of alkyl halides is 3. The predicted molar refractivity (Wildman–Crippen MR) is 156 cm³/mol. The van der Waals surface area contributed by atoms with Crippen molar-refractivity contribution in [2.24, 2.45) is 0 Å². The Kier molecular flexibility index (Phi) is 8.44. The van der Waals surface area contributed by atoms with Crippen molar-refractivity contribution >= 4 is 34.2 Å². The van der Waals surface area contributed by atoms with E-state index < -0.39 is 11.7 Å². The third-order valence-electron chi connectivity index (χ3n) is 8.18. The second-order valence-electron chi connectivity index (χ2n) is 11.1. The Morgan fingerprint density at radius 1 is 0.932 bits per heavy atom. The number of benzene rings is 1. The summed E-state index contributed by atoms with van der Waals surface area (Å²) < 4.78 is 46.7. The first-order valence-corrected chi connectivity index (χ1v) is 14.9. The van der Waals surface area contributed by atoms with E-state index in [4.69, 9.17) is 16.3 Å². The highest BCUT2D eigenvalue weighted by molar-refractivity contribution is 6.31. The Morgan fingerprint density at radius 2 is 1.68 bits per heavy atom. The molecule has 0 bridgehead atoms. The molecule has 0 unspecified atom stereocenters. The SMILES string of the molecule is O=C(c1cc(C(=O)N2CCCCC2)c2cc(OCc3ncc(C(F)(F)F)cc3Cl)ncc2c1)N1CCC(n2cccn2)CC1. The van der Waals surface area contributed by atoms with Crippen LogP contribution in [0, 0.1) is 0 Å². The average molecular weight is 627 g/mol. The summed E-state index contributed by atoms with van der Waals surface area (Å²) >= 11 is 6.04. The van der Waals surface area contributed by atoms with Gasteiger partial charge < -0.3 is 14.5 Å². The molecule has 1 aromatic carbocycles. The van der Waals surface area contributed by atoms with Crippen LogP contribution in [0.15, 0.2) is 55.1 Å². The largest absolute Gasteiger partial charge is 0.471 e. The molecule has 9 nitrogen and oxygen atoms in total. The summed E-state index contributed by atoms with van der Waals surface area (Å²) in [6, 6.07) is 7.91. The van der Waals surface area contributed by atoms with Gasteiger partial charge in [0.2, 0.25) is 5.88 Å². The summed E-state index contributed by atoms with van der Waals surface area (Å²) in [6.07, 6.45) is 5.77. The smallest absolute Gasteiger partial charge is 0.417 e. The highest BCUT2D eigenvalue weighted by Crippen LogP contribution is 2.32. The lowest BCUT2D eigenvalue weighted by atomic mass is 9.98. The van der Waals surface area contributed by atoms with Crippen LogP contribution in [0.3, 0.4) is 0 Å². The standard InChI is InChI=1S/C31H30ClF3N6O3/c32-26-15-22(31(33,34)35)18-36-27(26)19-44-28-16-24-21(17-37-28)13-20(14-25(24)30(43)39-8-2-1-3-9-39)29(42)40-11-5-23(6-12-40)41-10-4-7-38-41/h4,7,10,13-18,23H,1-3,5-6,8-9,11-12,19H2. The van der Waals surface area contributed by atoms with Gasteiger partial charge in [-0.05, 0) is 56.4 Å². The minimum Gasteiger partial charge on any atom is -0.471 e. The number of fused-ring (bicyclic) bond motifs is 1. The normalized spacial score (nSPS) is 16.4. The van der Waals surface area contributed by atoms with Gasteiger partial charge in [-0.3, -0.25) is 19.3 Å². The van der Waals surface area contributed by atoms with Gasteiger partial charge >= 0.3 is 6.18 Å². The molecule has 230 valence electrons. The lowest BCUT2D eigenvalue weighted by Crippen LogP contribution is -2.39. The maximum Gasteiger partial charge on any atom is 0.417 e. The molecule has 2 fully saturated rings. The Morgan fingerprint density at radius 3 is 2.36 bits per heavy atom. The Bertz CT molecular complexity index is 1670. The van der Waals surface area contributed by atoms with Gasteiger partial charge in [0.05, 0.1) is 22.3 Å². The Labute approximate surface area is 256 Å². The minimum atomic E-state index is -4.57. The molecule has 0 atom stereocenters. The Hall–Kier alpha value is -4.19. The molecule has 2 amide bonds. The molecule has 3 aromatic heterocycles.